The van der Waals surface area contributed by atoms with Gasteiger partial charge in [-0.2, -0.15) is 5.10 Å². The largest absolute Gasteiger partial charge is 0.480 e. The quantitative estimate of drug-likeness (QED) is 0.825. The number of carboxylic acids is 1. The molecule has 1 aliphatic rings. The topological polar surface area (TPSA) is 78.7 Å². The maximum Gasteiger partial charge on any atom is 0.320 e. The normalized spacial score (nSPS) is 18.6. The summed E-state index contributed by atoms with van der Waals surface area (Å²) in [6.45, 7) is 3.01. The lowest BCUT2D eigenvalue weighted by Crippen LogP contribution is -2.55. The van der Waals surface area contributed by atoms with Gasteiger partial charge in [-0.25, -0.2) is 0 Å². The van der Waals surface area contributed by atoms with E-state index in [2.05, 4.69) is 5.10 Å². The van der Waals surface area contributed by atoms with E-state index >= 15 is 0 Å². The van der Waals surface area contributed by atoms with Gasteiger partial charge in [-0.3, -0.25) is 19.2 Å². The van der Waals surface area contributed by atoms with Gasteiger partial charge in [0.2, 0.25) is 5.91 Å². The monoisotopic (exact) mass is 266 g/mol. The molecular formula is C12H18N4O3. The number of hydrogen-bond donors (Lipinski definition) is 1. The number of hydrogen-bond acceptors (Lipinski definition) is 4. The number of carbonyl (C=O) groups is 2. The van der Waals surface area contributed by atoms with Crippen molar-refractivity contribution >= 4 is 17.6 Å². The van der Waals surface area contributed by atoms with Crippen LogP contribution in [-0.2, 0) is 16.6 Å². The van der Waals surface area contributed by atoms with Crippen molar-refractivity contribution in [1.82, 2.24) is 14.7 Å². The maximum atomic E-state index is 12.1. The van der Waals surface area contributed by atoms with E-state index in [-0.39, 0.29) is 12.5 Å². The molecule has 0 aliphatic carbocycles. The smallest absolute Gasteiger partial charge is 0.320 e. The Morgan fingerprint density at radius 3 is 2.74 bits per heavy atom. The highest BCUT2D eigenvalue weighted by Crippen LogP contribution is 2.18. The zero-order valence-corrected chi connectivity index (χ0v) is 11.1. The summed E-state index contributed by atoms with van der Waals surface area (Å²) in [4.78, 5) is 26.6. The van der Waals surface area contributed by atoms with Gasteiger partial charge in [0.05, 0.1) is 18.4 Å². The van der Waals surface area contributed by atoms with Gasteiger partial charge in [-0.15, -0.1) is 0 Å². The van der Waals surface area contributed by atoms with Crippen LogP contribution in [0.3, 0.4) is 0 Å². The van der Waals surface area contributed by atoms with Crippen LogP contribution < -0.4 is 4.90 Å². The van der Waals surface area contributed by atoms with Gasteiger partial charge in [0.1, 0.15) is 6.04 Å². The summed E-state index contributed by atoms with van der Waals surface area (Å²) in [5.74, 6) is -0.955. The fourth-order valence-electron chi connectivity index (χ4n) is 2.37. The third-order valence-electron chi connectivity index (χ3n) is 3.37. The van der Waals surface area contributed by atoms with Crippen LogP contribution in [0.5, 0.6) is 0 Å². The van der Waals surface area contributed by atoms with Crippen LogP contribution >= 0.6 is 0 Å². The third-order valence-corrected chi connectivity index (χ3v) is 3.37. The molecular weight excluding hydrogens is 248 g/mol. The summed E-state index contributed by atoms with van der Waals surface area (Å²) >= 11 is 0. The molecule has 19 heavy (non-hydrogen) atoms. The van der Waals surface area contributed by atoms with Crippen molar-refractivity contribution in [3.05, 3.63) is 12.4 Å². The molecule has 1 aliphatic heterocycles. The van der Waals surface area contributed by atoms with Crippen molar-refractivity contribution in [3.8, 4) is 0 Å². The molecule has 104 valence electrons. The molecule has 0 unspecified atom stereocenters. The number of aromatic nitrogens is 2. The van der Waals surface area contributed by atoms with Crippen molar-refractivity contribution in [2.24, 2.45) is 7.05 Å². The van der Waals surface area contributed by atoms with Crippen LogP contribution in [0.15, 0.2) is 12.4 Å². The molecule has 0 bridgehead atoms. The molecule has 1 N–H and O–H groups in total. The molecule has 1 saturated heterocycles. The van der Waals surface area contributed by atoms with Gasteiger partial charge in [-0.05, 0) is 6.42 Å². The van der Waals surface area contributed by atoms with Crippen molar-refractivity contribution in [2.75, 3.05) is 24.5 Å². The Morgan fingerprint density at radius 2 is 2.26 bits per heavy atom. The Hall–Kier alpha value is -1.89. The first-order valence-corrected chi connectivity index (χ1v) is 6.28. The van der Waals surface area contributed by atoms with Crippen molar-refractivity contribution in [3.63, 3.8) is 0 Å². The molecule has 2 heterocycles. The van der Waals surface area contributed by atoms with E-state index in [4.69, 9.17) is 5.11 Å². The lowest BCUT2D eigenvalue weighted by atomic mass is 10.1. The second-order valence-corrected chi connectivity index (χ2v) is 4.65. The third kappa shape index (κ3) is 2.76. The first-order chi connectivity index (χ1) is 9.02. The number of amides is 1. The van der Waals surface area contributed by atoms with E-state index in [1.54, 1.807) is 33.9 Å². The van der Waals surface area contributed by atoms with Gasteiger partial charge in [-0.1, -0.05) is 6.92 Å². The Kier molecular flexibility index (Phi) is 3.84. The fourth-order valence-corrected chi connectivity index (χ4v) is 2.37. The first kappa shape index (κ1) is 13.5. The predicted octanol–water partition coefficient (Wildman–Crippen LogP) is -0.0681. The summed E-state index contributed by atoms with van der Waals surface area (Å²) in [5, 5.41) is 13.2. The molecule has 0 radical (unpaired) electrons. The SMILES string of the molecule is CC[C@H](C(=O)O)N1CCN(c2cnn(C)c2)C(=O)C1. The average molecular weight is 266 g/mol. The zero-order chi connectivity index (χ0) is 14.0. The molecule has 0 saturated carbocycles. The van der Waals surface area contributed by atoms with Gasteiger partial charge in [0.15, 0.2) is 0 Å². The van der Waals surface area contributed by atoms with E-state index < -0.39 is 12.0 Å². The Balaban J connectivity index is 2.06. The highest BCUT2D eigenvalue weighted by Gasteiger charge is 2.32. The number of rotatable bonds is 4. The van der Waals surface area contributed by atoms with Crippen LogP contribution in [0.2, 0.25) is 0 Å². The molecule has 1 amide bonds. The Labute approximate surface area is 111 Å². The van der Waals surface area contributed by atoms with Crippen LogP contribution in [0.25, 0.3) is 0 Å². The molecule has 1 fully saturated rings. The van der Waals surface area contributed by atoms with E-state index in [0.717, 1.165) is 5.69 Å². The first-order valence-electron chi connectivity index (χ1n) is 6.28. The number of aryl methyl sites for hydroxylation is 1. The molecule has 1 atom stereocenters. The van der Waals surface area contributed by atoms with Gasteiger partial charge in [0, 0.05) is 26.3 Å². The summed E-state index contributed by atoms with van der Waals surface area (Å²) in [7, 11) is 1.79. The van der Waals surface area contributed by atoms with Gasteiger partial charge in [0.25, 0.3) is 0 Å². The second-order valence-electron chi connectivity index (χ2n) is 4.65. The molecule has 7 heteroatoms. The number of anilines is 1. The minimum absolute atomic E-state index is 0.0843. The summed E-state index contributed by atoms with van der Waals surface area (Å²) in [5.41, 5.74) is 0.760. The Morgan fingerprint density at radius 1 is 1.53 bits per heavy atom. The zero-order valence-electron chi connectivity index (χ0n) is 11.1. The molecule has 0 spiro atoms. The number of piperazine rings is 1. The maximum absolute atomic E-state index is 12.1. The number of aliphatic carboxylic acids is 1. The van der Waals surface area contributed by atoms with Gasteiger partial charge < -0.3 is 10.0 Å². The molecule has 7 nitrogen and oxygen atoms in total. The highest BCUT2D eigenvalue weighted by atomic mass is 16.4. The predicted molar refractivity (Wildman–Crippen MR) is 68.8 cm³/mol. The lowest BCUT2D eigenvalue weighted by Gasteiger charge is -2.36. The van der Waals surface area contributed by atoms with E-state index in [1.807, 2.05) is 6.92 Å². The minimum atomic E-state index is -0.870. The number of carbonyl (C=O) groups excluding carboxylic acids is 1. The van der Waals surface area contributed by atoms with E-state index in [1.165, 1.54) is 0 Å². The summed E-state index contributed by atoms with van der Waals surface area (Å²) in [6, 6.07) is -0.583. The molecule has 0 aromatic carbocycles. The van der Waals surface area contributed by atoms with Crippen LogP contribution in [0, 0.1) is 0 Å². The van der Waals surface area contributed by atoms with Crippen LogP contribution in [-0.4, -0.2) is 57.3 Å². The number of nitrogens with zero attached hydrogens (tertiary/aromatic N) is 4. The fraction of sp³-hybridized carbons (Fsp3) is 0.583. The van der Waals surface area contributed by atoms with Crippen molar-refractivity contribution < 1.29 is 14.7 Å². The van der Waals surface area contributed by atoms with Crippen LogP contribution in [0.1, 0.15) is 13.3 Å². The number of carboxylic acid groups (broad SMARTS) is 1. The molecule has 2 rings (SSSR count). The second kappa shape index (κ2) is 5.40. The van der Waals surface area contributed by atoms with Crippen molar-refractivity contribution in [2.45, 2.75) is 19.4 Å². The summed E-state index contributed by atoms with van der Waals surface area (Å²) < 4.78 is 1.64. The van der Waals surface area contributed by atoms with Crippen LogP contribution in [0.4, 0.5) is 5.69 Å². The van der Waals surface area contributed by atoms with E-state index in [9.17, 15) is 9.59 Å². The van der Waals surface area contributed by atoms with Gasteiger partial charge >= 0.3 is 5.97 Å². The minimum Gasteiger partial charge on any atom is -0.480 e. The molecule has 1 aromatic heterocycles. The lowest BCUT2D eigenvalue weighted by molar-refractivity contribution is -0.144. The standard InChI is InChI=1S/C12H18N4O3/c1-3-10(12(18)19)15-4-5-16(11(17)8-15)9-6-13-14(2)7-9/h6-7,10H,3-5,8H2,1-2H3,(H,18,19)/t10-/m1/s1. The Bertz CT molecular complexity index is 485. The average Bonchev–Trinajstić information content (AvgIpc) is 2.76. The van der Waals surface area contributed by atoms with E-state index in [0.29, 0.717) is 19.5 Å². The van der Waals surface area contributed by atoms with Crippen molar-refractivity contribution in [1.29, 1.82) is 0 Å². The molecule has 1 aromatic rings. The highest BCUT2D eigenvalue weighted by molar-refractivity contribution is 5.95. The summed E-state index contributed by atoms with van der Waals surface area (Å²) in [6.07, 6.45) is 3.92.